The Bertz CT molecular complexity index is 532. The largest absolute Gasteiger partial charge is 0.480 e. The summed E-state index contributed by atoms with van der Waals surface area (Å²) in [6, 6.07) is 6.12. The number of carboxylic acid groups (broad SMARTS) is 1. The van der Waals surface area contributed by atoms with Crippen LogP contribution in [0.2, 0.25) is 0 Å². The number of para-hydroxylation sites is 1. The molecule has 0 aliphatic carbocycles. The van der Waals surface area contributed by atoms with Gasteiger partial charge in [0.25, 0.3) is 0 Å². The number of hydrogen-bond acceptors (Lipinski definition) is 3. The Kier molecular flexibility index (Phi) is 4.80. The summed E-state index contributed by atoms with van der Waals surface area (Å²) in [5, 5.41) is 20.4. The van der Waals surface area contributed by atoms with Gasteiger partial charge in [-0.15, -0.1) is 0 Å². The number of rotatable bonds is 4. The lowest BCUT2D eigenvalue weighted by Crippen LogP contribution is -2.51. The van der Waals surface area contributed by atoms with Gasteiger partial charge in [0.05, 0.1) is 0 Å². The first-order valence-electron chi connectivity index (χ1n) is 7.02. The second kappa shape index (κ2) is 6.58. The Labute approximate surface area is 123 Å². The van der Waals surface area contributed by atoms with E-state index in [1.54, 1.807) is 4.90 Å². The van der Waals surface area contributed by atoms with E-state index in [0.29, 0.717) is 12.5 Å². The van der Waals surface area contributed by atoms with E-state index in [2.05, 4.69) is 12.2 Å². The summed E-state index contributed by atoms with van der Waals surface area (Å²) in [5.74, 6) is -0.831. The van der Waals surface area contributed by atoms with Gasteiger partial charge >= 0.3 is 12.0 Å². The molecule has 1 aromatic carbocycles. The number of anilines is 1. The van der Waals surface area contributed by atoms with Crippen LogP contribution in [0.4, 0.5) is 10.5 Å². The summed E-state index contributed by atoms with van der Waals surface area (Å²) in [7, 11) is 0. The first kappa shape index (κ1) is 15.3. The zero-order valence-corrected chi connectivity index (χ0v) is 12.0. The summed E-state index contributed by atoms with van der Waals surface area (Å²) >= 11 is 0. The molecular formula is C15H20N2O4. The van der Waals surface area contributed by atoms with Crippen molar-refractivity contribution in [3.8, 4) is 0 Å². The predicted molar refractivity (Wildman–Crippen MR) is 78.3 cm³/mol. The summed E-state index contributed by atoms with van der Waals surface area (Å²) in [5.41, 5.74) is 1.90. The Balaban J connectivity index is 2.17. The number of fused-ring (bicyclic) bond motifs is 1. The van der Waals surface area contributed by atoms with Gasteiger partial charge in [-0.25, -0.2) is 9.59 Å². The number of aliphatic carboxylic acids is 1. The molecule has 0 saturated heterocycles. The number of hydrogen-bond donors (Lipinski definition) is 3. The fourth-order valence-electron chi connectivity index (χ4n) is 2.60. The number of carbonyl (C=O) groups excluding carboxylic acids is 1. The minimum atomic E-state index is -1.14. The van der Waals surface area contributed by atoms with Crippen molar-refractivity contribution in [3.05, 3.63) is 29.8 Å². The first-order chi connectivity index (χ1) is 10.0. The van der Waals surface area contributed by atoms with Crippen LogP contribution in [0.3, 0.4) is 0 Å². The molecule has 0 spiro atoms. The van der Waals surface area contributed by atoms with Gasteiger partial charge in [0.1, 0.15) is 6.04 Å². The van der Waals surface area contributed by atoms with Crippen molar-refractivity contribution in [2.45, 2.75) is 25.8 Å². The Hall–Kier alpha value is -2.08. The molecular weight excluding hydrogens is 272 g/mol. The highest BCUT2D eigenvalue weighted by atomic mass is 16.4. The first-order valence-corrected chi connectivity index (χ1v) is 7.02. The molecule has 0 radical (unpaired) electrons. The van der Waals surface area contributed by atoms with E-state index < -0.39 is 18.0 Å². The smallest absolute Gasteiger partial charge is 0.326 e. The molecule has 3 N–H and O–H groups in total. The lowest BCUT2D eigenvalue weighted by atomic mass is 9.94. The standard InChI is InChI=1S/C15H20N2O4/c1-10-8-11-4-2-3-5-13(11)17(9-10)15(21)16-12(6-7-18)14(19)20/h2-5,10,12,18H,6-9H2,1H3,(H,16,21)(H,19,20)/t10?,12-/m0/s1. The Morgan fingerprint density at radius 1 is 1.43 bits per heavy atom. The summed E-state index contributed by atoms with van der Waals surface area (Å²) in [6.45, 7) is 2.32. The van der Waals surface area contributed by atoms with Crippen LogP contribution in [0.5, 0.6) is 0 Å². The maximum Gasteiger partial charge on any atom is 0.326 e. The van der Waals surface area contributed by atoms with E-state index in [1.165, 1.54) is 0 Å². The van der Waals surface area contributed by atoms with Crippen molar-refractivity contribution in [2.24, 2.45) is 5.92 Å². The SMILES string of the molecule is CC1Cc2ccccc2N(C(=O)N[C@@H](CCO)C(=O)O)C1. The maximum absolute atomic E-state index is 12.4. The third kappa shape index (κ3) is 3.52. The van der Waals surface area contributed by atoms with Crippen LogP contribution in [0, 0.1) is 5.92 Å². The average Bonchev–Trinajstić information content (AvgIpc) is 2.45. The zero-order valence-electron chi connectivity index (χ0n) is 12.0. The lowest BCUT2D eigenvalue weighted by molar-refractivity contribution is -0.139. The summed E-state index contributed by atoms with van der Waals surface area (Å²) < 4.78 is 0. The van der Waals surface area contributed by atoms with Gasteiger partial charge in [-0.05, 0) is 24.0 Å². The molecule has 2 amide bonds. The van der Waals surface area contributed by atoms with Crippen molar-refractivity contribution in [1.29, 1.82) is 0 Å². The minimum absolute atomic E-state index is 0.00782. The molecule has 0 fully saturated rings. The molecule has 0 aromatic heterocycles. The van der Waals surface area contributed by atoms with Crippen LogP contribution in [0.1, 0.15) is 18.9 Å². The number of amides is 2. The highest BCUT2D eigenvalue weighted by Crippen LogP contribution is 2.29. The molecule has 1 aliphatic rings. The van der Waals surface area contributed by atoms with Crippen LogP contribution in [0.25, 0.3) is 0 Å². The van der Waals surface area contributed by atoms with Gasteiger partial charge in [-0.2, -0.15) is 0 Å². The number of nitrogens with zero attached hydrogens (tertiary/aromatic N) is 1. The van der Waals surface area contributed by atoms with E-state index in [0.717, 1.165) is 17.7 Å². The molecule has 1 heterocycles. The van der Waals surface area contributed by atoms with Gasteiger partial charge in [0, 0.05) is 25.3 Å². The molecule has 6 heteroatoms. The van der Waals surface area contributed by atoms with Crippen molar-refractivity contribution in [1.82, 2.24) is 5.32 Å². The number of carbonyl (C=O) groups is 2. The van der Waals surface area contributed by atoms with Gasteiger partial charge in [-0.3, -0.25) is 4.90 Å². The lowest BCUT2D eigenvalue weighted by Gasteiger charge is -2.33. The predicted octanol–water partition coefficient (Wildman–Crippen LogP) is 1.23. The van der Waals surface area contributed by atoms with E-state index in [-0.39, 0.29) is 13.0 Å². The van der Waals surface area contributed by atoms with Gasteiger partial charge in [-0.1, -0.05) is 25.1 Å². The minimum Gasteiger partial charge on any atom is -0.480 e. The number of carboxylic acids is 1. The molecule has 114 valence electrons. The van der Waals surface area contributed by atoms with Crippen molar-refractivity contribution in [3.63, 3.8) is 0 Å². The van der Waals surface area contributed by atoms with Crippen LogP contribution >= 0.6 is 0 Å². The monoisotopic (exact) mass is 292 g/mol. The second-order valence-electron chi connectivity index (χ2n) is 5.40. The van der Waals surface area contributed by atoms with E-state index >= 15 is 0 Å². The fraction of sp³-hybridized carbons (Fsp3) is 0.467. The second-order valence-corrected chi connectivity index (χ2v) is 5.40. The number of aliphatic hydroxyl groups is 1. The molecule has 2 atom stereocenters. The molecule has 0 bridgehead atoms. The van der Waals surface area contributed by atoms with E-state index in [4.69, 9.17) is 10.2 Å². The fourth-order valence-corrected chi connectivity index (χ4v) is 2.60. The van der Waals surface area contributed by atoms with Crippen molar-refractivity contribution >= 4 is 17.7 Å². The van der Waals surface area contributed by atoms with Gasteiger partial charge in [0.2, 0.25) is 0 Å². The van der Waals surface area contributed by atoms with E-state index in [1.807, 2.05) is 24.3 Å². The summed E-state index contributed by atoms with van der Waals surface area (Å²) in [6.07, 6.45) is 0.894. The van der Waals surface area contributed by atoms with E-state index in [9.17, 15) is 9.59 Å². The van der Waals surface area contributed by atoms with Gasteiger partial charge in [0.15, 0.2) is 0 Å². The molecule has 0 saturated carbocycles. The van der Waals surface area contributed by atoms with Gasteiger partial charge < -0.3 is 15.5 Å². The van der Waals surface area contributed by atoms with Crippen LogP contribution in [0.15, 0.2) is 24.3 Å². The molecule has 1 aliphatic heterocycles. The highest BCUT2D eigenvalue weighted by molar-refractivity contribution is 5.95. The molecule has 1 unspecified atom stereocenters. The Morgan fingerprint density at radius 3 is 2.81 bits per heavy atom. The number of aliphatic hydroxyl groups excluding tert-OH is 1. The molecule has 21 heavy (non-hydrogen) atoms. The van der Waals surface area contributed by atoms with Crippen LogP contribution in [-0.2, 0) is 11.2 Å². The maximum atomic E-state index is 12.4. The third-order valence-electron chi connectivity index (χ3n) is 3.60. The topological polar surface area (TPSA) is 89.9 Å². The third-order valence-corrected chi connectivity index (χ3v) is 3.60. The zero-order chi connectivity index (χ0) is 15.4. The molecule has 2 rings (SSSR count). The average molecular weight is 292 g/mol. The van der Waals surface area contributed by atoms with Crippen LogP contribution < -0.4 is 10.2 Å². The number of nitrogens with one attached hydrogen (secondary N) is 1. The highest BCUT2D eigenvalue weighted by Gasteiger charge is 2.28. The summed E-state index contributed by atoms with van der Waals surface area (Å²) in [4.78, 5) is 25.0. The normalized spacial score (nSPS) is 18.8. The quantitative estimate of drug-likeness (QED) is 0.778. The Morgan fingerprint density at radius 2 is 2.14 bits per heavy atom. The number of urea groups is 1. The van der Waals surface area contributed by atoms with Crippen molar-refractivity contribution in [2.75, 3.05) is 18.1 Å². The molecule has 1 aromatic rings. The van der Waals surface area contributed by atoms with Crippen LogP contribution in [-0.4, -0.2) is 41.4 Å². The molecule has 6 nitrogen and oxygen atoms in total. The van der Waals surface area contributed by atoms with Crippen molar-refractivity contribution < 1.29 is 19.8 Å². The number of benzene rings is 1.